The van der Waals surface area contributed by atoms with Crippen molar-refractivity contribution in [1.82, 2.24) is 4.98 Å². The highest BCUT2D eigenvalue weighted by Gasteiger charge is 2.52. The van der Waals surface area contributed by atoms with Crippen molar-refractivity contribution in [3.05, 3.63) is 121 Å². The Kier molecular flexibility index (Phi) is 7.48. The zero-order chi connectivity index (χ0) is 24.1. The third-order valence-electron chi connectivity index (χ3n) is 6.06. The van der Waals surface area contributed by atoms with E-state index >= 15 is 0 Å². The molecule has 4 aromatic carbocycles. The first-order valence-electron chi connectivity index (χ1n) is 12.0. The summed E-state index contributed by atoms with van der Waals surface area (Å²) in [6.45, 7) is 4.39. The molecule has 0 aliphatic heterocycles. The molecule has 0 atom stereocenters. The predicted octanol–water partition coefficient (Wildman–Crippen LogP) is 7.24. The van der Waals surface area contributed by atoms with Gasteiger partial charge in [-0.25, -0.2) is 0 Å². The molecule has 0 unspecified atom stereocenters. The predicted molar refractivity (Wildman–Crippen MR) is 158 cm³/mol. The van der Waals surface area contributed by atoms with Crippen LogP contribution in [0.2, 0.25) is 0 Å². The maximum absolute atomic E-state index is 5.51. The highest BCUT2D eigenvalue weighted by atomic mass is 32.2. The van der Waals surface area contributed by atoms with Crippen molar-refractivity contribution in [1.29, 1.82) is 0 Å². The van der Waals surface area contributed by atoms with Crippen LogP contribution in [0.15, 0.2) is 119 Å². The van der Waals surface area contributed by atoms with Gasteiger partial charge in [-0.2, -0.15) is 4.98 Å². The van der Waals surface area contributed by atoms with Gasteiger partial charge in [-0.3, -0.25) is 0 Å². The quantitative estimate of drug-likeness (QED) is 0.161. The number of hydrogen-bond donors (Lipinski definition) is 0. The van der Waals surface area contributed by atoms with Crippen molar-refractivity contribution in [3.8, 4) is 10.6 Å². The van der Waals surface area contributed by atoms with E-state index in [1.54, 1.807) is 0 Å². The largest absolute Gasteiger partial charge is 0.223 e. The molecule has 1 heterocycles. The Labute approximate surface area is 217 Å². The third-order valence-corrected chi connectivity index (χ3v) is 13.1. The van der Waals surface area contributed by atoms with Gasteiger partial charge >= 0.3 is 0 Å². The molecule has 4 heteroatoms. The molecule has 5 rings (SSSR count). The summed E-state index contributed by atoms with van der Waals surface area (Å²) in [5.74, 6) is 1.08. The van der Waals surface area contributed by atoms with E-state index in [1.807, 2.05) is 23.1 Å². The number of nitrogens with zero attached hydrogens (tertiary/aromatic N) is 1. The van der Waals surface area contributed by atoms with Gasteiger partial charge in [0, 0.05) is 5.56 Å². The fourth-order valence-electron chi connectivity index (χ4n) is 4.39. The Morgan fingerprint density at radius 2 is 1.17 bits per heavy atom. The fraction of sp³-hybridized carbons (Fsp3) is 0.129. The molecule has 0 radical (unpaired) electrons. The zero-order valence-corrected chi connectivity index (χ0v) is 22.6. The van der Waals surface area contributed by atoms with Gasteiger partial charge in [-0.05, 0) is 55.5 Å². The number of aryl methyl sites for hydroxylation is 1. The lowest BCUT2D eigenvalue weighted by Crippen LogP contribution is -2.39. The van der Waals surface area contributed by atoms with Crippen LogP contribution in [0.1, 0.15) is 18.9 Å². The average Bonchev–Trinajstić information content (AvgIpc) is 3.34. The standard InChI is InChI=1S/C31H29NPS2/c1-3-23-34-31-29(32-30(35-31)25-21-19-24(2)20-22-25)33(26-13-7-4-8-14-26,27-15-9-5-10-16-27)28-17-11-6-12-18-28/h4-22H,3,23H2,1-2H3/q+1. The summed E-state index contributed by atoms with van der Waals surface area (Å²) < 4.78 is 1.34. The number of benzene rings is 4. The number of thiazole rings is 1. The summed E-state index contributed by atoms with van der Waals surface area (Å²) in [7, 11) is -2.21. The number of aromatic nitrogens is 1. The summed E-state index contributed by atoms with van der Waals surface area (Å²) in [4.78, 5) is 5.51. The van der Waals surface area contributed by atoms with E-state index in [4.69, 9.17) is 4.98 Å². The monoisotopic (exact) mass is 510 g/mol. The Morgan fingerprint density at radius 1 is 0.686 bits per heavy atom. The molecule has 0 bridgehead atoms. The van der Waals surface area contributed by atoms with E-state index in [-0.39, 0.29) is 0 Å². The molecule has 0 aliphatic rings. The van der Waals surface area contributed by atoms with Crippen molar-refractivity contribution in [2.45, 2.75) is 24.5 Å². The lowest BCUT2D eigenvalue weighted by Gasteiger charge is -2.26. The molecule has 0 fully saturated rings. The second-order valence-electron chi connectivity index (χ2n) is 8.52. The summed E-state index contributed by atoms with van der Waals surface area (Å²) in [6.07, 6.45) is 1.13. The van der Waals surface area contributed by atoms with Gasteiger partial charge in [0.2, 0.25) is 5.44 Å². The van der Waals surface area contributed by atoms with Crippen LogP contribution in [0.3, 0.4) is 0 Å². The molecular formula is C31H29NPS2+. The topological polar surface area (TPSA) is 12.9 Å². The van der Waals surface area contributed by atoms with E-state index in [0.29, 0.717) is 0 Å². The SMILES string of the molecule is CCCSc1sc(-c2ccc(C)cc2)nc1[P+](c1ccccc1)(c1ccccc1)c1ccccc1. The van der Waals surface area contributed by atoms with Gasteiger partial charge < -0.3 is 0 Å². The van der Waals surface area contributed by atoms with Gasteiger partial charge in [-0.1, -0.05) is 91.3 Å². The van der Waals surface area contributed by atoms with Gasteiger partial charge in [-0.15, -0.1) is 23.1 Å². The second kappa shape index (κ2) is 10.9. The van der Waals surface area contributed by atoms with E-state index in [9.17, 15) is 0 Å². The minimum atomic E-state index is -2.21. The van der Waals surface area contributed by atoms with Crippen LogP contribution in [0.5, 0.6) is 0 Å². The smallest absolute Gasteiger partial charge is 0.200 e. The molecule has 5 aromatic rings. The molecule has 0 amide bonds. The summed E-state index contributed by atoms with van der Waals surface area (Å²) in [6, 6.07) is 41.9. The lowest BCUT2D eigenvalue weighted by molar-refractivity contribution is 1.11. The molecule has 0 N–H and O–H groups in total. The van der Waals surface area contributed by atoms with Crippen molar-refractivity contribution in [2.24, 2.45) is 0 Å². The molecule has 1 aromatic heterocycles. The van der Waals surface area contributed by atoms with E-state index in [1.165, 1.54) is 36.7 Å². The van der Waals surface area contributed by atoms with E-state index in [0.717, 1.165) is 17.2 Å². The van der Waals surface area contributed by atoms with Crippen molar-refractivity contribution >= 4 is 51.7 Å². The highest BCUT2D eigenvalue weighted by molar-refractivity contribution is 8.05. The van der Waals surface area contributed by atoms with Gasteiger partial charge in [0.1, 0.15) is 25.1 Å². The Bertz CT molecular complexity index is 1270. The summed E-state index contributed by atoms with van der Waals surface area (Å²) in [5.41, 5.74) is 3.70. The minimum absolute atomic E-state index is 1.08. The Balaban J connectivity index is 1.86. The number of rotatable bonds is 8. The van der Waals surface area contributed by atoms with Crippen LogP contribution in [-0.4, -0.2) is 10.7 Å². The van der Waals surface area contributed by atoms with Gasteiger partial charge in [0.15, 0.2) is 7.26 Å². The molecule has 0 saturated heterocycles. The summed E-state index contributed by atoms with van der Waals surface area (Å²) >= 11 is 3.81. The molecule has 0 spiro atoms. The second-order valence-corrected chi connectivity index (χ2v) is 14.2. The Morgan fingerprint density at radius 3 is 1.63 bits per heavy atom. The highest BCUT2D eigenvalue weighted by Crippen LogP contribution is 2.56. The fourth-order valence-corrected chi connectivity index (χ4v) is 11.6. The molecule has 1 nitrogen and oxygen atoms in total. The average molecular weight is 511 g/mol. The molecule has 35 heavy (non-hydrogen) atoms. The first kappa shape index (κ1) is 24.0. The lowest BCUT2D eigenvalue weighted by atomic mass is 10.2. The molecule has 174 valence electrons. The van der Waals surface area contributed by atoms with Crippen LogP contribution in [0, 0.1) is 6.92 Å². The first-order chi connectivity index (χ1) is 17.2. The Hall–Kier alpha value is -2.71. The van der Waals surface area contributed by atoms with Crippen LogP contribution in [-0.2, 0) is 0 Å². The summed E-state index contributed by atoms with van der Waals surface area (Å²) in [5, 5.41) is 5.13. The number of hydrogen-bond acceptors (Lipinski definition) is 3. The van der Waals surface area contributed by atoms with Gasteiger partial charge in [0.05, 0.1) is 0 Å². The van der Waals surface area contributed by atoms with Crippen LogP contribution >= 0.6 is 30.4 Å². The number of thioether (sulfide) groups is 1. The van der Waals surface area contributed by atoms with Crippen molar-refractivity contribution in [3.63, 3.8) is 0 Å². The minimum Gasteiger partial charge on any atom is -0.200 e. The van der Waals surface area contributed by atoms with Crippen molar-refractivity contribution < 1.29 is 0 Å². The van der Waals surface area contributed by atoms with Crippen LogP contribution in [0.25, 0.3) is 10.6 Å². The first-order valence-corrected chi connectivity index (χ1v) is 15.6. The van der Waals surface area contributed by atoms with Crippen LogP contribution in [0.4, 0.5) is 0 Å². The molecule has 0 saturated carbocycles. The molecule has 0 aliphatic carbocycles. The normalized spacial score (nSPS) is 11.5. The van der Waals surface area contributed by atoms with E-state index < -0.39 is 7.26 Å². The third kappa shape index (κ3) is 4.74. The molecular weight excluding hydrogens is 481 g/mol. The van der Waals surface area contributed by atoms with Crippen molar-refractivity contribution in [2.75, 3.05) is 5.75 Å². The maximum Gasteiger partial charge on any atom is 0.223 e. The van der Waals surface area contributed by atoms with Gasteiger partial charge in [0.25, 0.3) is 0 Å². The zero-order valence-electron chi connectivity index (χ0n) is 20.1. The van der Waals surface area contributed by atoms with E-state index in [2.05, 4.69) is 129 Å². The maximum atomic E-state index is 5.51. The van der Waals surface area contributed by atoms with Crippen LogP contribution < -0.4 is 21.3 Å².